The first-order valence-corrected chi connectivity index (χ1v) is 2.65. The largest absolute Gasteiger partial charge is 0.465 e. The molecule has 0 aromatic carbocycles. The highest BCUT2D eigenvalue weighted by atomic mass is 16.4. The van der Waals surface area contributed by atoms with Crippen LogP contribution in [0.2, 0.25) is 0 Å². The van der Waals surface area contributed by atoms with Crippen molar-refractivity contribution in [3.8, 4) is 6.07 Å². The Balaban J connectivity index is 3.75. The lowest BCUT2D eigenvalue weighted by atomic mass is 10.2. The van der Waals surface area contributed by atoms with E-state index in [1.807, 2.05) is 5.32 Å². The molecule has 1 amide bonds. The summed E-state index contributed by atoms with van der Waals surface area (Å²) in [6.45, 7) is 1.40. The van der Waals surface area contributed by atoms with E-state index in [0.29, 0.717) is 0 Å². The fourth-order valence-corrected chi connectivity index (χ4v) is 0.386. The summed E-state index contributed by atoms with van der Waals surface area (Å²) in [6, 6.07) is 0.752. The number of aliphatic hydroxyl groups is 1. The second-order valence-corrected chi connectivity index (χ2v) is 1.81. The monoisotopic (exact) mass is 144 g/mol. The van der Waals surface area contributed by atoms with E-state index in [1.54, 1.807) is 0 Å². The molecular formula is C5H8N2O3. The third kappa shape index (κ3) is 2.89. The summed E-state index contributed by atoms with van der Waals surface area (Å²) in [7, 11) is 0. The lowest BCUT2D eigenvalue weighted by Gasteiger charge is -2.10. The van der Waals surface area contributed by atoms with Crippen LogP contribution in [0.3, 0.4) is 0 Å². The summed E-state index contributed by atoms with van der Waals surface area (Å²) in [5.74, 6) is 0. The van der Waals surface area contributed by atoms with Gasteiger partial charge in [0.15, 0.2) is 6.10 Å². The van der Waals surface area contributed by atoms with Crippen molar-refractivity contribution in [2.45, 2.75) is 19.1 Å². The van der Waals surface area contributed by atoms with Crippen LogP contribution >= 0.6 is 0 Å². The molecule has 0 aliphatic carbocycles. The normalized spacial score (nSPS) is 14.9. The first kappa shape index (κ1) is 8.72. The minimum atomic E-state index is -1.28. The second-order valence-electron chi connectivity index (χ2n) is 1.81. The van der Waals surface area contributed by atoms with E-state index in [0.717, 1.165) is 0 Å². The van der Waals surface area contributed by atoms with Crippen molar-refractivity contribution < 1.29 is 15.0 Å². The Hall–Kier alpha value is -1.28. The summed E-state index contributed by atoms with van der Waals surface area (Å²) in [5.41, 5.74) is 0. The lowest BCUT2D eigenvalue weighted by molar-refractivity contribution is 0.160. The van der Waals surface area contributed by atoms with Crippen LogP contribution in [0, 0.1) is 11.3 Å². The van der Waals surface area contributed by atoms with Gasteiger partial charge in [0.05, 0.1) is 12.1 Å². The molecule has 0 aliphatic rings. The number of aliphatic hydroxyl groups excluding tert-OH is 1. The van der Waals surface area contributed by atoms with E-state index in [4.69, 9.17) is 15.5 Å². The van der Waals surface area contributed by atoms with Gasteiger partial charge >= 0.3 is 6.09 Å². The maximum Gasteiger partial charge on any atom is 0.404 e. The molecule has 1 unspecified atom stereocenters. The molecular weight excluding hydrogens is 136 g/mol. The van der Waals surface area contributed by atoms with E-state index in [2.05, 4.69) is 0 Å². The topological polar surface area (TPSA) is 93.3 Å². The number of hydrogen-bond donors (Lipinski definition) is 3. The minimum absolute atomic E-state index is 0.748. The number of carboxylic acid groups (broad SMARTS) is 1. The van der Waals surface area contributed by atoms with Gasteiger partial charge < -0.3 is 15.5 Å². The molecule has 0 saturated carbocycles. The van der Waals surface area contributed by atoms with E-state index < -0.39 is 18.2 Å². The Morgan fingerprint density at radius 1 is 1.80 bits per heavy atom. The SMILES string of the molecule is CC(NC(=O)O)[C@H](O)C#N. The quantitative estimate of drug-likeness (QED) is 0.456. The van der Waals surface area contributed by atoms with Crippen LogP contribution in [0.5, 0.6) is 0 Å². The van der Waals surface area contributed by atoms with Gasteiger partial charge in [-0.15, -0.1) is 0 Å². The average Bonchev–Trinajstić information content (AvgIpc) is 1.85. The number of rotatable bonds is 2. The number of hydrogen-bond acceptors (Lipinski definition) is 3. The molecule has 0 aromatic rings. The molecule has 56 valence electrons. The van der Waals surface area contributed by atoms with Crippen molar-refractivity contribution in [2.24, 2.45) is 0 Å². The first-order chi connectivity index (χ1) is 4.57. The molecule has 2 atom stereocenters. The number of nitriles is 1. The predicted molar refractivity (Wildman–Crippen MR) is 32.2 cm³/mol. The molecule has 10 heavy (non-hydrogen) atoms. The van der Waals surface area contributed by atoms with Crippen molar-refractivity contribution in [1.29, 1.82) is 5.26 Å². The van der Waals surface area contributed by atoms with Crippen LogP contribution in [0.15, 0.2) is 0 Å². The molecule has 0 aliphatic heterocycles. The van der Waals surface area contributed by atoms with E-state index >= 15 is 0 Å². The Labute approximate surface area is 57.9 Å². The fraction of sp³-hybridized carbons (Fsp3) is 0.600. The first-order valence-electron chi connectivity index (χ1n) is 2.65. The summed E-state index contributed by atoms with van der Waals surface area (Å²) in [4.78, 5) is 9.90. The maximum atomic E-state index is 9.90. The zero-order valence-electron chi connectivity index (χ0n) is 5.40. The molecule has 3 N–H and O–H groups in total. The van der Waals surface area contributed by atoms with E-state index in [9.17, 15) is 4.79 Å². The molecule has 5 heteroatoms. The van der Waals surface area contributed by atoms with Crippen LogP contribution in [0.4, 0.5) is 4.79 Å². The minimum Gasteiger partial charge on any atom is -0.465 e. The highest BCUT2D eigenvalue weighted by Crippen LogP contribution is 1.88. The standard InChI is InChI=1S/C5H8N2O3/c1-3(4(8)2-6)7-5(9)10/h3-4,7-8H,1H3,(H,9,10)/t3?,4-/m1/s1. The summed E-state index contributed by atoms with van der Waals surface area (Å²) in [6.07, 6.45) is -2.53. The molecule has 0 aromatic heterocycles. The van der Waals surface area contributed by atoms with Crippen LogP contribution in [-0.2, 0) is 0 Å². The van der Waals surface area contributed by atoms with Gasteiger partial charge in [-0.1, -0.05) is 0 Å². The molecule has 0 fully saturated rings. The lowest BCUT2D eigenvalue weighted by Crippen LogP contribution is -2.39. The van der Waals surface area contributed by atoms with Gasteiger partial charge in [-0.3, -0.25) is 0 Å². The van der Waals surface area contributed by atoms with Gasteiger partial charge in [0, 0.05) is 0 Å². The highest BCUT2D eigenvalue weighted by molar-refractivity contribution is 5.64. The summed E-state index contributed by atoms with van der Waals surface area (Å²) < 4.78 is 0. The molecule has 0 rings (SSSR count). The van der Waals surface area contributed by atoms with Gasteiger partial charge in [0.25, 0.3) is 0 Å². The van der Waals surface area contributed by atoms with Crippen molar-refractivity contribution >= 4 is 6.09 Å². The zero-order chi connectivity index (χ0) is 8.15. The summed E-state index contributed by atoms with van der Waals surface area (Å²) >= 11 is 0. The number of carbonyl (C=O) groups is 1. The third-order valence-corrected chi connectivity index (χ3v) is 0.957. The van der Waals surface area contributed by atoms with Gasteiger partial charge in [-0.2, -0.15) is 5.26 Å². The molecule has 0 bridgehead atoms. The maximum absolute atomic E-state index is 9.90. The smallest absolute Gasteiger partial charge is 0.404 e. The van der Waals surface area contributed by atoms with Crippen LogP contribution in [0.25, 0.3) is 0 Å². The van der Waals surface area contributed by atoms with Crippen molar-refractivity contribution in [3.63, 3.8) is 0 Å². The number of nitrogens with one attached hydrogen (secondary N) is 1. The van der Waals surface area contributed by atoms with Crippen LogP contribution < -0.4 is 5.32 Å². The second kappa shape index (κ2) is 3.69. The molecule has 5 nitrogen and oxygen atoms in total. The van der Waals surface area contributed by atoms with Gasteiger partial charge in [-0.25, -0.2) is 4.79 Å². The zero-order valence-corrected chi connectivity index (χ0v) is 5.40. The predicted octanol–water partition coefficient (Wildman–Crippen LogP) is -0.473. The van der Waals surface area contributed by atoms with Crippen molar-refractivity contribution in [3.05, 3.63) is 0 Å². The Morgan fingerprint density at radius 3 is 2.60 bits per heavy atom. The van der Waals surface area contributed by atoms with Crippen LogP contribution in [-0.4, -0.2) is 28.5 Å². The fourth-order valence-electron chi connectivity index (χ4n) is 0.386. The van der Waals surface area contributed by atoms with Crippen LogP contribution in [0.1, 0.15) is 6.92 Å². The third-order valence-electron chi connectivity index (χ3n) is 0.957. The molecule has 0 radical (unpaired) electrons. The number of nitrogens with zero attached hydrogens (tertiary/aromatic N) is 1. The summed E-state index contributed by atoms with van der Waals surface area (Å²) in [5, 5.41) is 26.8. The van der Waals surface area contributed by atoms with Gasteiger partial charge in [0.2, 0.25) is 0 Å². The van der Waals surface area contributed by atoms with Crippen molar-refractivity contribution in [2.75, 3.05) is 0 Å². The number of amides is 1. The highest BCUT2D eigenvalue weighted by Gasteiger charge is 2.13. The average molecular weight is 144 g/mol. The van der Waals surface area contributed by atoms with Gasteiger partial charge in [0.1, 0.15) is 0 Å². The van der Waals surface area contributed by atoms with E-state index in [-0.39, 0.29) is 0 Å². The van der Waals surface area contributed by atoms with Crippen molar-refractivity contribution in [1.82, 2.24) is 5.32 Å². The Morgan fingerprint density at radius 2 is 2.30 bits per heavy atom. The Bertz CT molecular complexity index is 163. The molecule has 0 spiro atoms. The molecule has 0 saturated heterocycles. The van der Waals surface area contributed by atoms with E-state index in [1.165, 1.54) is 13.0 Å². The van der Waals surface area contributed by atoms with Gasteiger partial charge in [-0.05, 0) is 6.92 Å². The Kier molecular flexibility index (Phi) is 3.22. The molecule has 0 heterocycles.